The van der Waals surface area contributed by atoms with Crippen molar-refractivity contribution in [1.82, 2.24) is 0 Å². The molecule has 2 fully saturated rings. The van der Waals surface area contributed by atoms with Gasteiger partial charge in [0, 0.05) is 28.9 Å². The van der Waals surface area contributed by atoms with Gasteiger partial charge in [-0.1, -0.05) is 43.1 Å². The Kier molecular flexibility index (Phi) is 6.85. The van der Waals surface area contributed by atoms with E-state index in [2.05, 4.69) is 0 Å². The molecule has 152 valence electrons. The van der Waals surface area contributed by atoms with Crippen LogP contribution in [0.3, 0.4) is 0 Å². The topological polar surface area (TPSA) is 70.4 Å². The summed E-state index contributed by atoms with van der Waals surface area (Å²) in [5, 5.41) is 20.1. The molecule has 0 aromatic heterocycles. The maximum absolute atomic E-state index is 12.2. The average Bonchev–Trinajstić information content (AvgIpc) is 3.49. The summed E-state index contributed by atoms with van der Waals surface area (Å²) in [7, 11) is 0. The molecule has 0 heterocycles. The summed E-state index contributed by atoms with van der Waals surface area (Å²) in [5.41, 5.74) is 0.956. The van der Waals surface area contributed by atoms with E-state index < -0.39 is 0 Å². The predicted octanol–water partition coefficient (Wildman–Crippen LogP) is 5.99. The fourth-order valence-electron chi connectivity index (χ4n) is 3.91. The SMILES string of the molecule is CCC1CC(OC/C(C(=N)c2c(Cl)cccc2Cl)=C(/O)C2CC2)CC(C)C1=O. The number of nitrogens with one attached hydrogen (secondary N) is 1. The van der Waals surface area contributed by atoms with Gasteiger partial charge in [-0.15, -0.1) is 0 Å². The third-order valence-electron chi connectivity index (χ3n) is 5.80. The summed E-state index contributed by atoms with van der Waals surface area (Å²) in [4.78, 5) is 12.2. The van der Waals surface area contributed by atoms with Crippen molar-refractivity contribution >= 4 is 34.7 Å². The molecule has 0 bridgehead atoms. The summed E-state index contributed by atoms with van der Waals surface area (Å²) in [6, 6.07) is 5.10. The van der Waals surface area contributed by atoms with E-state index in [0.717, 1.165) is 19.3 Å². The fraction of sp³-hybridized carbons (Fsp3) is 0.545. The van der Waals surface area contributed by atoms with Crippen LogP contribution in [0.5, 0.6) is 0 Å². The van der Waals surface area contributed by atoms with Gasteiger partial charge in [-0.25, -0.2) is 0 Å². The van der Waals surface area contributed by atoms with Crippen LogP contribution in [0.15, 0.2) is 29.5 Å². The molecule has 0 saturated heterocycles. The summed E-state index contributed by atoms with van der Waals surface area (Å²) in [6.45, 7) is 4.09. The van der Waals surface area contributed by atoms with Gasteiger partial charge in [-0.05, 0) is 44.2 Å². The van der Waals surface area contributed by atoms with Gasteiger partial charge in [0.05, 0.1) is 28.5 Å². The molecule has 4 nitrogen and oxygen atoms in total. The number of Topliss-reactive ketones (excluding diaryl/α,β-unsaturated/α-hetero) is 1. The molecule has 1 aromatic rings. The van der Waals surface area contributed by atoms with Crippen LogP contribution in [-0.4, -0.2) is 29.3 Å². The third kappa shape index (κ3) is 4.61. The quantitative estimate of drug-likeness (QED) is 0.417. The van der Waals surface area contributed by atoms with Crippen LogP contribution < -0.4 is 0 Å². The van der Waals surface area contributed by atoms with Crippen molar-refractivity contribution in [1.29, 1.82) is 5.41 Å². The highest BCUT2D eigenvalue weighted by molar-refractivity contribution is 6.41. The highest BCUT2D eigenvalue weighted by Gasteiger charge is 2.35. The molecule has 0 amide bonds. The number of hydrogen-bond acceptors (Lipinski definition) is 4. The number of rotatable bonds is 7. The fourth-order valence-corrected chi connectivity index (χ4v) is 4.50. The van der Waals surface area contributed by atoms with E-state index in [9.17, 15) is 9.90 Å². The zero-order chi connectivity index (χ0) is 20.4. The van der Waals surface area contributed by atoms with Gasteiger partial charge in [-0.3, -0.25) is 10.2 Å². The van der Waals surface area contributed by atoms with Crippen LogP contribution >= 0.6 is 23.2 Å². The number of aliphatic hydroxyl groups excluding tert-OH is 1. The third-order valence-corrected chi connectivity index (χ3v) is 6.43. The first-order valence-electron chi connectivity index (χ1n) is 9.94. The minimum Gasteiger partial charge on any atom is -0.512 e. The van der Waals surface area contributed by atoms with Crippen molar-refractivity contribution in [2.75, 3.05) is 6.61 Å². The number of carbonyl (C=O) groups is 1. The summed E-state index contributed by atoms with van der Waals surface area (Å²) in [6.07, 6.45) is 3.93. The predicted molar refractivity (Wildman–Crippen MR) is 113 cm³/mol. The van der Waals surface area contributed by atoms with Crippen molar-refractivity contribution in [3.05, 3.63) is 45.1 Å². The smallest absolute Gasteiger partial charge is 0.138 e. The molecule has 0 radical (unpaired) electrons. The van der Waals surface area contributed by atoms with Crippen molar-refractivity contribution in [2.45, 2.75) is 52.1 Å². The Hall–Kier alpha value is -1.36. The van der Waals surface area contributed by atoms with E-state index in [-0.39, 0.29) is 41.9 Å². The van der Waals surface area contributed by atoms with Gasteiger partial charge in [0.1, 0.15) is 11.5 Å². The lowest BCUT2D eigenvalue weighted by molar-refractivity contribution is -0.133. The zero-order valence-electron chi connectivity index (χ0n) is 16.3. The highest BCUT2D eigenvalue weighted by atomic mass is 35.5. The Bertz CT molecular complexity index is 781. The van der Waals surface area contributed by atoms with Crippen LogP contribution in [0.2, 0.25) is 10.0 Å². The minimum absolute atomic E-state index is 0.0226. The number of hydrogen-bond donors (Lipinski definition) is 2. The number of ether oxygens (including phenoxy) is 1. The number of halogens is 2. The molecular weight excluding hydrogens is 397 g/mol. The van der Waals surface area contributed by atoms with Gasteiger partial charge in [0.2, 0.25) is 0 Å². The van der Waals surface area contributed by atoms with Crippen molar-refractivity contribution in [3.63, 3.8) is 0 Å². The second kappa shape index (κ2) is 8.98. The van der Waals surface area contributed by atoms with Gasteiger partial charge in [0.15, 0.2) is 0 Å². The van der Waals surface area contributed by atoms with E-state index in [0.29, 0.717) is 39.8 Å². The molecule has 2 aliphatic rings. The van der Waals surface area contributed by atoms with Crippen LogP contribution in [0.1, 0.15) is 51.5 Å². The molecule has 6 heteroatoms. The number of ketones is 1. The van der Waals surface area contributed by atoms with Crippen LogP contribution in [0.4, 0.5) is 0 Å². The minimum atomic E-state index is -0.0610. The first kappa shape index (κ1) is 21.4. The normalized spacial score (nSPS) is 26.1. The number of carbonyl (C=O) groups excluding carboxylic acids is 1. The van der Waals surface area contributed by atoms with E-state index >= 15 is 0 Å². The molecule has 0 aliphatic heterocycles. The monoisotopic (exact) mass is 423 g/mol. The standard InChI is InChI=1S/C22H27Cl2NO3/c1-3-13-10-15(9-12(2)21(13)26)28-11-16(22(27)14-7-8-14)20(25)19-17(23)5-4-6-18(19)24/h4-6,12-15,25,27H,3,7-11H2,1-2H3/b22-16-,25-20?. The molecule has 2 aliphatic carbocycles. The van der Waals surface area contributed by atoms with Crippen molar-refractivity contribution in [3.8, 4) is 0 Å². The first-order valence-corrected chi connectivity index (χ1v) is 10.7. The molecule has 2 N–H and O–H groups in total. The van der Waals surface area contributed by atoms with Crippen LogP contribution in [0.25, 0.3) is 0 Å². The molecule has 0 spiro atoms. The molecule has 3 unspecified atom stereocenters. The van der Waals surface area contributed by atoms with Crippen LogP contribution in [0, 0.1) is 23.2 Å². The van der Waals surface area contributed by atoms with E-state index in [1.54, 1.807) is 18.2 Å². The van der Waals surface area contributed by atoms with Gasteiger partial charge in [0.25, 0.3) is 0 Å². The van der Waals surface area contributed by atoms with Crippen molar-refractivity contribution < 1.29 is 14.6 Å². The van der Waals surface area contributed by atoms with Gasteiger partial charge < -0.3 is 9.84 Å². The second-order valence-corrected chi connectivity index (χ2v) is 8.74. The second-order valence-electron chi connectivity index (χ2n) is 7.92. The Morgan fingerprint density at radius 1 is 1.25 bits per heavy atom. The number of benzene rings is 1. The molecule has 3 rings (SSSR count). The van der Waals surface area contributed by atoms with Crippen LogP contribution in [-0.2, 0) is 9.53 Å². The molecular formula is C22H27Cl2NO3. The lowest BCUT2D eigenvalue weighted by Crippen LogP contribution is -2.36. The number of allylic oxidation sites excluding steroid dienone is 1. The summed E-state index contributed by atoms with van der Waals surface area (Å²) >= 11 is 12.6. The maximum atomic E-state index is 12.2. The lowest BCUT2D eigenvalue weighted by atomic mass is 9.78. The van der Waals surface area contributed by atoms with Gasteiger partial charge >= 0.3 is 0 Å². The van der Waals surface area contributed by atoms with E-state index in [4.69, 9.17) is 33.3 Å². The molecule has 2 saturated carbocycles. The first-order chi connectivity index (χ1) is 13.3. The zero-order valence-corrected chi connectivity index (χ0v) is 17.8. The average molecular weight is 424 g/mol. The van der Waals surface area contributed by atoms with Gasteiger partial charge in [-0.2, -0.15) is 0 Å². The Balaban J connectivity index is 1.80. The van der Waals surface area contributed by atoms with E-state index in [1.807, 2.05) is 13.8 Å². The highest BCUT2D eigenvalue weighted by Crippen LogP contribution is 2.38. The van der Waals surface area contributed by atoms with E-state index in [1.165, 1.54) is 0 Å². The summed E-state index contributed by atoms with van der Waals surface area (Å²) in [5.74, 6) is 0.597. The molecule has 3 atom stereocenters. The molecule has 28 heavy (non-hydrogen) atoms. The summed E-state index contributed by atoms with van der Waals surface area (Å²) < 4.78 is 6.12. The Morgan fingerprint density at radius 2 is 1.89 bits per heavy atom. The maximum Gasteiger partial charge on any atom is 0.138 e. The Labute approximate surface area is 176 Å². The molecule has 1 aromatic carbocycles. The largest absolute Gasteiger partial charge is 0.512 e. The lowest BCUT2D eigenvalue weighted by Gasteiger charge is -2.32. The van der Waals surface area contributed by atoms with Crippen molar-refractivity contribution in [2.24, 2.45) is 17.8 Å². The Morgan fingerprint density at radius 3 is 2.46 bits per heavy atom. The number of aliphatic hydroxyl groups is 1.